The fourth-order valence-corrected chi connectivity index (χ4v) is 2.75. The molecule has 1 aromatic carbocycles. The lowest BCUT2D eigenvalue weighted by molar-refractivity contribution is -0.124. The summed E-state index contributed by atoms with van der Waals surface area (Å²) >= 11 is 1.79. The number of carbonyl (C=O) groups is 1. The molecule has 0 radical (unpaired) electrons. The van der Waals surface area contributed by atoms with E-state index in [0.717, 1.165) is 42.3 Å². The maximum Gasteiger partial charge on any atom is 0.253 e. The lowest BCUT2D eigenvalue weighted by atomic mass is 10.2. The van der Waals surface area contributed by atoms with Crippen molar-refractivity contribution >= 4 is 53.3 Å². The summed E-state index contributed by atoms with van der Waals surface area (Å²) < 4.78 is 5.41. The summed E-state index contributed by atoms with van der Waals surface area (Å²) in [4.78, 5) is 16.3. The van der Waals surface area contributed by atoms with Gasteiger partial charge in [-0.15, -0.1) is 24.0 Å². The first-order valence-corrected chi connectivity index (χ1v) is 9.57. The number of carbonyl (C=O) groups excluding carboxylic acids is 1. The second-order valence-electron chi connectivity index (χ2n) is 5.54. The van der Waals surface area contributed by atoms with Gasteiger partial charge in [-0.3, -0.25) is 9.79 Å². The number of benzene rings is 1. The van der Waals surface area contributed by atoms with E-state index in [2.05, 4.69) is 27.2 Å². The van der Waals surface area contributed by atoms with Crippen LogP contribution in [0.1, 0.15) is 18.4 Å². The maximum atomic E-state index is 12.1. The molecule has 1 fully saturated rings. The van der Waals surface area contributed by atoms with Gasteiger partial charge in [-0.1, -0.05) is 12.1 Å². The van der Waals surface area contributed by atoms with E-state index >= 15 is 0 Å². The second kappa shape index (κ2) is 12.4. The van der Waals surface area contributed by atoms with Crippen molar-refractivity contribution in [1.29, 1.82) is 0 Å². The number of thioether (sulfide) groups is 1. The van der Waals surface area contributed by atoms with E-state index in [1.807, 2.05) is 24.3 Å². The molecule has 0 aliphatic carbocycles. The van der Waals surface area contributed by atoms with Gasteiger partial charge in [0.15, 0.2) is 5.96 Å². The number of nitrogens with one attached hydrogen (secondary N) is 3. The van der Waals surface area contributed by atoms with E-state index in [9.17, 15) is 4.79 Å². The van der Waals surface area contributed by atoms with Gasteiger partial charge < -0.3 is 20.7 Å². The van der Waals surface area contributed by atoms with E-state index < -0.39 is 0 Å². The molecule has 8 heteroatoms. The highest BCUT2D eigenvalue weighted by atomic mass is 127. The van der Waals surface area contributed by atoms with Crippen molar-refractivity contribution in [3.8, 4) is 0 Å². The monoisotopic (exact) mass is 478 g/mol. The largest absolute Gasteiger partial charge is 0.368 e. The third kappa shape index (κ3) is 7.83. The summed E-state index contributed by atoms with van der Waals surface area (Å²) in [6.45, 7) is 2.19. The van der Waals surface area contributed by atoms with Crippen LogP contribution in [0.15, 0.2) is 29.3 Å². The highest BCUT2D eigenvalue weighted by molar-refractivity contribution is 14.0. The van der Waals surface area contributed by atoms with Crippen LogP contribution < -0.4 is 16.0 Å². The topological polar surface area (TPSA) is 74.8 Å². The van der Waals surface area contributed by atoms with Gasteiger partial charge in [-0.05, 0) is 36.8 Å². The first kappa shape index (κ1) is 22.0. The van der Waals surface area contributed by atoms with E-state index in [0.29, 0.717) is 13.2 Å². The first-order chi connectivity index (χ1) is 11.7. The Labute approximate surface area is 171 Å². The zero-order valence-electron chi connectivity index (χ0n) is 14.7. The number of amides is 1. The fraction of sp³-hybridized carbons (Fsp3) is 0.529. The van der Waals surface area contributed by atoms with E-state index in [1.54, 1.807) is 18.8 Å². The molecule has 0 bridgehead atoms. The van der Waals surface area contributed by atoms with Crippen molar-refractivity contribution in [2.45, 2.75) is 25.5 Å². The average Bonchev–Trinajstić information content (AvgIpc) is 3.13. The highest BCUT2D eigenvalue weighted by Crippen LogP contribution is 2.16. The number of nitrogens with zero attached hydrogens (tertiary/aromatic N) is 1. The predicted molar refractivity (Wildman–Crippen MR) is 116 cm³/mol. The molecule has 140 valence electrons. The van der Waals surface area contributed by atoms with Crippen molar-refractivity contribution in [3.05, 3.63) is 29.8 Å². The van der Waals surface area contributed by atoms with Crippen molar-refractivity contribution in [2.75, 3.05) is 37.5 Å². The minimum absolute atomic E-state index is 0. The number of rotatable bonds is 7. The summed E-state index contributed by atoms with van der Waals surface area (Å²) in [6.07, 6.45) is 3.51. The number of anilines is 1. The lowest BCUT2D eigenvalue weighted by Gasteiger charge is -2.13. The Morgan fingerprint density at radius 3 is 2.92 bits per heavy atom. The number of ether oxygens (including phenoxy) is 1. The number of halogens is 1. The van der Waals surface area contributed by atoms with Crippen molar-refractivity contribution in [2.24, 2.45) is 4.99 Å². The standard InChI is InChI=1S/C17H26N4O2S.HI/c1-18-17(19-8-10-24-2)20-12-13-5-3-6-14(11-13)21-16(22)15-7-4-9-23-15;/h3,5-6,11,15H,4,7-10,12H2,1-2H3,(H,21,22)(H2,18,19,20);1H. The van der Waals surface area contributed by atoms with E-state index in [1.165, 1.54) is 0 Å². The molecule has 1 atom stereocenters. The quantitative estimate of drug-likeness (QED) is 0.243. The summed E-state index contributed by atoms with van der Waals surface area (Å²) in [7, 11) is 1.76. The van der Waals surface area contributed by atoms with Crippen LogP contribution in [0.25, 0.3) is 0 Å². The van der Waals surface area contributed by atoms with Gasteiger partial charge in [-0.2, -0.15) is 11.8 Å². The summed E-state index contributed by atoms with van der Waals surface area (Å²) in [5, 5.41) is 9.46. The number of hydrogen-bond donors (Lipinski definition) is 3. The van der Waals surface area contributed by atoms with Crippen LogP contribution >= 0.6 is 35.7 Å². The molecule has 0 spiro atoms. The van der Waals surface area contributed by atoms with Gasteiger partial charge >= 0.3 is 0 Å². The molecule has 1 heterocycles. The smallest absolute Gasteiger partial charge is 0.253 e. The molecule has 6 nitrogen and oxygen atoms in total. The molecule has 0 saturated carbocycles. The summed E-state index contributed by atoms with van der Waals surface area (Å²) in [6, 6.07) is 7.81. The third-order valence-corrected chi connectivity index (χ3v) is 4.31. The zero-order chi connectivity index (χ0) is 17.2. The number of aliphatic imine (C=N–C) groups is 1. The normalized spacial score (nSPS) is 16.9. The van der Waals surface area contributed by atoms with Crippen LogP contribution in [0.2, 0.25) is 0 Å². The summed E-state index contributed by atoms with van der Waals surface area (Å²) in [5.41, 5.74) is 1.87. The van der Waals surface area contributed by atoms with Gasteiger partial charge in [0, 0.05) is 38.2 Å². The summed E-state index contributed by atoms with van der Waals surface area (Å²) in [5.74, 6) is 1.75. The number of guanidine groups is 1. The van der Waals surface area contributed by atoms with Gasteiger partial charge in [0.1, 0.15) is 6.10 Å². The molecule has 1 aliphatic heterocycles. The minimum atomic E-state index is -0.314. The van der Waals surface area contributed by atoms with Crippen LogP contribution in [0.4, 0.5) is 5.69 Å². The zero-order valence-corrected chi connectivity index (χ0v) is 17.9. The Morgan fingerprint density at radius 1 is 1.40 bits per heavy atom. The SMILES string of the molecule is CN=C(NCCSC)NCc1cccc(NC(=O)C2CCCO2)c1.I. The number of hydrogen-bond acceptors (Lipinski definition) is 4. The van der Waals surface area contributed by atoms with Crippen LogP contribution in [0, 0.1) is 0 Å². The molecule has 0 aromatic heterocycles. The minimum Gasteiger partial charge on any atom is -0.368 e. The Bertz CT molecular complexity index is 565. The predicted octanol–water partition coefficient (Wildman–Crippen LogP) is 2.45. The molecular weight excluding hydrogens is 451 g/mol. The molecule has 1 aromatic rings. The maximum absolute atomic E-state index is 12.1. The van der Waals surface area contributed by atoms with Crippen molar-refractivity contribution in [1.82, 2.24) is 10.6 Å². The van der Waals surface area contributed by atoms with Crippen LogP contribution in [-0.2, 0) is 16.1 Å². The lowest BCUT2D eigenvalue weighted by Crippen LogP contribution is -2.37. The first-order valence-electron chi connectivity index (χ1n) is 8.18. The Morgan fingerprint density at radius 2 is 2.24 bits per heavy atom. The average molecular weight is 478 g/mol. The molecule has 3 N–H and O–H groups in total. The van der Waals surface area contributed by atoms with Crippen molar-refractivity contribution < 1.29 is 9.53 Å². The Hall–Kier alpha value is -1.00. The van der Waals surface area contributed by atoms with Gasteiger partial charge in [0.05, 0.1) is 0 Å². The molecular formula is C17H27IN4O2S. The van der Waals surface area contributed by atoms with Gasteiger partial charge in [0.25, 0.3) is 5.91 Å². The molecule has 1 aliphatic rings. The molecule has 2 rings (SSSR count). The Balaban J connectivity index is 0.00000312. The van der Waals surface area contributed by atoms with E-state index in [-0.39, 0.29) is 36.0 Å². The fourth-order valence-electron chi connectivity index (χ4n) is 2.44. The van der Waals surface area contributed by atoms with Crippen LogP contribution in [0.5, 0.6) is 0 Å². The van der Waals surface area contributed by atoms with Crippen molar-refractivity contribution in [3.63, 3.8) is 0 Å². The van der Waals surface area contributed by atoms with Gasteiger partial charge in [0.2, 0.25) is 0 Å². The molecule has 1 saturated heterocycles. The molecule has 1 amide bonds. The van der Waals surface area contributed by atoms with E-state index in [4.69, 9.17) is 4.74 Å². The second-order valence-corrected chi connectivity index (χ2v) is 6.52. The van der Waals surface area contributed by atoms with Crippen LogP contribution in [-0.4, -0.2) is 50.2 Å². The molecule has 1 unspecified atom stereocenters. The van der Waals surface area contributed by atoms with Gasteiger partial charge in [-0.25, -0.2) is 0 Å². The molecule has 25 heavy (non-hydrogen) atoms. The van der Waals surface area contributed by atoms with Crippen LogP contribution in [0.3, 0.4) is 0 Å². The third-order valence-electron chi connectivity index (χ3n) is 3.70. The Kier molecular flexibility index (Phi) is 10.9. The highest BCUT2D eigenvalue weighted by Gasteiger charge is 2.23.